The van der Waals surface area contributed by atoms with Gasteiger partial charge in [-0.3, -0.25) is 0 Å². The zero-order valence-corrected chi connectivity index (χ0v) is 10.6. The van der Waals surface area contributed by atoms with E-state index >= 15 is 0 Å². The number of hydrogen-bond acceptors (Lipinski definition) is 4. The standard InChI is InChI=1S/C11H20N2OS/c1-9(7-14-3)12-6-4-5-11-13-10(2)8-15-11/h8-9,12H,4-7H2,1-3H3. The summed E-state index contributed by atoms with van der Waals surface area (Å²) in [5, 5.41) is 6.76. The lowest BCUT2D eigenvalue weighted by molar-refractivity contribution is 0.172. The number of nitrogens with zero attached hydrogens (tertiary/aromatic N) is 1. The van der Waals surface area contributed by atoms with Gasteiger partial charge in [-0.25, -0.2) is 4.98 Å². The predicted molar refractivity (Wildman–Crippen MR) is 64.5 cm³/mol. The van der Waals surface area contributed by atoms with Crippen molar-refractivity contribution in [1.82, 2.24) is 10.3 Å². The third-order valence-electron chi connectivity index (χ3n) is 2.14. The van der Waals surface area contributed by atoms with E-state index in [1.165, 1.54) is 5.01 Å². The zero-order valence-electron chi connectivity index (χ0n) is 9.75. The predicted octanol–water partition coefficient (Wildman–Crippen LogP) is 2.01. The fourth-order valence-electron chi connectivity index (χ4n) is 1.41. The second-order valence-electron chi connectivity index (χ2n) is 3.80. The maximum atomic E-state index is 5.05. The monoisotopic (exact) mass is 228 g/mol. The van der Waals surface area contributed by atoms with Gasteiger partial charge in [-0.2, -0.15) is 0 Å². The van der Waals surface area contributed by atoms with E-state index in [0.717, 1.165) is 31.7 Å². The number of thiazole rings is 1. The van der Waals surface area contributed by atoms with Crippen LogP contribution < -0.4 is 5.32 Å². The SMILES string of the molecule is COCC(C)NCCCc1nc(C)cs1. The van der Waals surface area contributed by atoms with Crippen LogP contribution in [0.3, 0.4) is 0 Å². The quantitative estimate of drug-likeness (QED) is 0.725. The minimum absolute atomic E-state index is 0.438. The molecule has 0 spiro atoms. The van der Waals surface area contributed by atoms with Crippen LogP contribution in [0.5, 0.6) is 0 Å². The molecule has 0 radical (unpaired) electrons. The van der Waals surface area contributed by atoms with Crippen molar-refractivity contribution >= 4 is 11.3 Å². The Morgan fingerprint density at radius 3 is 3.00 bits per heavy atom. The van der Waals surface area contributed by atoms with Crippen LogP contribution in [0.4, 0.5) is 0 Å². The zero-order chi connectivity index (χ0) is 11.1. The van der Waals surface area contributed by atoms with Crippen molar-refractivity contribution in [2.45, 2.75) is 32.7 Å². The summed E-state index contributed by atoms with van der Waals surface area (Å²) in [7, 11) is 1.73. The second-order valence-corrected chi connectivity index (χ2v) is 4.74. The summed E-state index contributed by atoms with van der Waals surface area (Å²) in [6.45, 7) is 5.98. The Morgan fingerprint density at radius 2 is 2.40 bits per heavy atom. The Kier molecular flexibility index (Phi) is 5.83. The molecule has 1 aromatic rings. The molecule has 1 atom stereocenters. The molecular weight excluding hydrogens is 208 g/mol. The molecule has 4 heteroatoms. The first-order chi connectivity index (χ1) is 7.22. The summed E-state index contributed by atoms with van der Waals surface area (Å²) in [6, 6.07) is 0.438. The first-order valence-corrected chi connectivity index (χ1v) is 6.23. The molecule has 1 unspecified atom stereocenters. The smallest absolute Gasteiger partial charge is 0.0928 e. The second kappa shape index (κ2) is 6.93. The molecular formula is C11H20N2OS. The van der Waals surface area contributed by atoms with E-state index in [1.807, 2.05) is 6.92 Å². The molecule has 86 valence electrons. The van der Waals surface area contributed by atoms with Crippen molar-refractivity contribution in [2.24, 2.45) is 0 Å². The first-order valence-electron chi connectivity index (χ1n) is 5.35. The van der Waals surface area contributed by atoms with Crippen LogP contribution in [-0.4, -0.2) is 31.3 Å². The Morgan fingerprint density at radius 1 is 1.60 bits per heavy atom. The highest BCUT2D eigenvalue weighted by Gasteiger charge is 2.01. The van der Waals surface area contributed by atoms with Gasteiger partial charge in [-0.1, -0.05) is 0 Å². The number of nitrogens with one attached hydrogen (secondary N) is 1. The minimum atomic E-state index is 0.438. The van der Waals surface area contributed by atoms with Gasteiger partial charge in [0.25, 0.3) is 0 Å². The Bertz CT molecular complexity index is 275. The van der Waals surface area contributed by atoms with Crippen LogP contribution >= 0.6 is 11.3 Å². The van der Waals surface area contributed by atoms with Crippen molar-refractivity contribution in [2.75, 3.05) is 20.3 Å². The van der Waals surface area contributed by atoms with Crippen molar-refractivity contribution in [3.63, 3.8) is 0 Å². The molecule has 3 nitrogen and oxygen atoms in total. The van der Waals surface area contributed by atoms with E-state index < -0.39 is 0 Å². The highest BCUT2D eigenvalue weighted by Crippen LogP contribution is 2.10. The highest BCUT2D eigenvalue weighted by atomic mass is 32.1. The molecule has 0 saturated carbocycles. The van der Waals surface area contributed by atoms with E-state index in [9.17, 15) is 0 Å². The summed E-state index contributed by atoms with van der Waals surface area (Å²) >= 11 is 1.76. The Hall–Kier alpha value is -0.450. The first kappa shape index (κ1) is 12.6. The Balaban J connectivity index is 2.06. The molecule has 0 saturated heterocycles. The molecule has 1 aromatic heterocycles. The Labute approximate surface area is 95.9 Å². The van der Waals surface area contributed by atoms with Crippen LogP contribution in [-0.2, 0) is 11.2 Å². The number of ether oxygens (including phenoxy) is 1. The average Bonchev–Trinajstić information content (AvgIpc) is 2.60. The molecule has 1 rings (SSSR count). The molecule has 0 aromatic carbocycles. The summed E-state index contributed by atoms with van der Waals surface area (Å²) in [4.78, 5) is 4.43. The van der Waals surface area contributed by atoms with Crippen molar-refractivity contribution in [3.05, 3.63) is 16.1 Å². The number of methoxy groups -OCH3 is 1. The van der Waals surface area contributed by atoms with E-state index in [-0.39, 0.29) is 0 Å². The van der Waals surface area contributed by atoms with E-state index in [4.69, 9.17) is 4.74 Å². The summed E-state index contributed by atoms with van der Waals surface area (Å²) in [5.74, 6) is 0. The van der Waals surface area contributed by atoms with Gasteiger partial charge in [0.15, 0.2) is 0 Å². The van der Waals surface area contributed by atoms with Gasteiger partial charge < -0.3 is 10.1 Å². The normalized spacial score (nSPS) is 13.0. The third kappa shape index (κ3) is 5.25. The molecule has 0 amide bonds. The van der Waals surface area contributed by atoms with Crippen molar-refractivity contribution in [3.8, 4) is 0 Å². The fraction of sp³-hybridized carbons (Fsp3) is 0.727. The van der Waals surface area contributed by atoms with E-state index in [0.29, 0.717) is 6.04 Å². The molecule has 1 heterocycles. The van der Waals surface area contributed by atoms with Crippen LogP contribution in [0.2, 0.25) is 0 Å². The summed E-state index contributed by atoms with van der Waals surface area (Å²) in [6.07, 6.45) is 2.21. The maximum absolute atomic E-state index is 5.05. The van der Waals surface area contributed by atoms with Gasteiger partial charge in [0.2, 0.25) is 0 Å². The van der Waals surface area contributed by atoms with Gasteiger partial charge in [0.05, 0.1) is 11.6 Å². The van der Waals surface area contributed by atoms with Crippen LogP contribution in [0.1, 0.15) is 24.0 Å². The molecule has 15 heavy (non-hydrogen) atoms. The summed E-state index contributed by atoms with van der Waals surface area (Å²) < 4.78 is 5.05. The number of hydrogen-bond donors (Lipinski definition) is 1. The summed E-state index contributed by atoms with van der Waals surface area (Å²) in [5.41, 5.74) is 1.13. The number of rotatable bonds is 7. The third-order valence-corrected chi connectivity index (χ3v) is 3.17. The lowest BCUT2D eigenvalue weighted by atomic mass is 10.3. The van der Waals surface area contributed by atoms with Gasteiger partial charge >= 0.3 is 0 Å². The molecule has 0 aliphatic carbocycles. The number of aromatic nitrogens is 1. The molecule has 0 fully saturated rings. The molecule has 0 bridgehead atoms. The van der Waals surface area contributed by atoms with Crippen molar-refractivity contribution in [1.29, 1.82) is 0 Å². The maximum Gasteiger partial charge on any atom is 0.0928 e. The topological polar surface area (TPSA) is 34.1 Å². The van der Waals surface area contributed by atoms with Gasteiger partial charge in [0, 0.05) is 30.6 Å². The molecule has 0 aliphatic heterocycles. The average molecular weight is 228 g/mol. The van der Waals surface area contributed by atoms with Crippen LogP contribution in [0.25, 0.3) is 0 Å². The van der Waals surface area contributed by atoms with Gasteiger partial charge in [-0.15, -0.1) is 11.3 Å². The van der Waals surface area contributed by atoms with Crippen LogP contribution in [0, 0.1) is 6.92 Å². The van der Waals surface area contributed by atoms with Gasteiger partial charge in [-0.05, 0) is 26.8 Å². The minimum Gasteiger partial charge on any atom is -0.383 e. The lowest BCUT2D eigenvalue weighted by Gasteiger charge is -2.11. The van der Waals surface area contributed by atoms with Gasteiger partial charge in [0.1, 0.15) is 0 Å². The van der Waals surface area contributed by atoms with Crippen molar-refractivity contribution < 1.29 is 4.74 Å². The van der Waals surface area contributed by atoms with E-state index in [2.05, 4.69) is 22.6 Å². The van der Waals surface area contributed by atoms with Crippen LogP contribution in [0.15, 0.2) is 5.38 Å². The molecule has 1 N–H and O–H groups in total. The largest absolute Gasteiger partial charge is 0.383 e. The number of aryl methyl sites for hydroxylation is 2. The molecule has 0 aliphatic rings. The fourth-order valence-corrected chi connectivity index (χ4v) is 2.23. The highest BCUT2D eigenvalue weighted by molar-refractivity contribution is 7.09. The van der Waals surface area contributed by atoms with E-state index in [1.54, 1.807) is 18.4 Å². The lowest BCUT2D eigenvalue weighted by Crippen LogP contribution is -2.31.